The number of aromatic nitrogens is 2. The average molecular weight is 367 g/mol. The highest BCUT2D eigenvalue weighted by Gasteiger charge is 2.10. The second-order valence-electron chi connectivity index (χ2n) is 6.04. The molecule has 5 nitrogen and oxygen atoms in total. The quantitative estimate of drug-likeness (QED) is 0.701. The first-order valence-electron chi connectivity index (χ1n) is 8.20. The Hall–Kier alpha value is -2.92. The number of aryl methyl sites for hydroxylation is 2. The minimum atomic E-state index is -0.175. The molecule has 0 fully saturated rings. The van der Waals surface area contributed by atoms with Crippen molar-refractivity contribution in [3.8, 4) is 0 Å². The summed E-state index contributed by atoms with van der Waals surface area (Å²) in [6, 6.07) is 11.1. The summed E-state index contributed by atoms with van der Waals surface area (Å²) in [5.74, 6) is 0.388. The van der Waals surface area contributed by atoms with Crippen LogP contribution in [0, 0.1) is 13.8 Å². The molecule has 0 unspecified atom stereocenters. The van der Waals surface area contributed by atoms with Gasteiger partial charge in [-0.3, -0.25) is 9.78 Å². The maximum atomic E-state index is 12.4. The van der Waals surface area contributed by atoms with Gasteiger partial charge in [0.25, 0.3) is 5.91 Å². The monoisotopic (exact) mass is 366 g/mol. The maximum absolute atomic E-state index is 12.4. The van der Waals surface area contributed by atoms with Crippen LogP contribution in [0.15, 0.2) is 55.0 Å². The molecule has 0 saturated heterocycles. The van der Waals surface area contributed by atoms with Gasteiger partial charge in [0.15, 0.2) is 0 Å². The van der Waals surface area contributed by atoms with Gasteiger partial charge >= 0.3 is 0 Å². The molecule has 2 aromatic heterocycles. The van der Waals surface area contributed by atoms with Crippen molar-refractivity contribution < 1.29 is 4.79 Å². The van der Waals surface area contributed by atoms with Gasteiger partial charge in [0.2, 0.25) is 0 Å². The van der Waals surface area contributed by atoms with Gasteiger partial charge in [-0.2, -0.15) is 0 Å². The van der Waals surface area contributed by atoms with Gasteiger partial charge < -0.3 is 10.6 Å². The van der Waals surface area contributed by atoms with Crippen LogP contribution in [0.2, 0.25) is 5.02 Å². The molecule has 1 aromatic carbocycles. The van der Waals surface area contributed by atoms with Gasteiger partial charge in [-0.05, 0) is 54.8 Å². The molecule has 2 N–H and O–H groups in total. The van der Waals surface area contributed by atoms with E-state index in [0.29, 0.717) is 22.9 Å². The number of benzene rings is 1. The molecule has 6 heteroatoms. The summed E-state index contributed by atoms with van der Waals surface area (Å²) in [6.45, 7) is 4.39. The number of pyridine rings is 2. The summed E-state index contributed by atoms with van der Waals surface area (Å²) in [7, 11) is 0. The second kappa shape index (κ2) is 7.97. The number of nitrogens with zero attached hydrogens (tertiary/aromatic N) is 2. The van der Waals surface area contributed by atoms with E-state index in [1.807, 2.05) is 38.1 Å². The van der Waals surface area contributed by atoms with Crippen LogP contribution >= 0.6 is 11.6 Å². The van der Waals surface area contributed by atoms with Gasteiger partial charge in [-0.15, -0.1) is 0 Å². The van der Waals surface area contributed by atoms with Crippen molar-refractivity contribution in [3.63, 3.8) is 0 Å². The van der Waals surface area contributed by atoms with Crippen LogP contribution in [0.3, 0.4) is 0 Å². The number of carbonyl (C=O) groups excluding carboxylic acids is 1. The third kappa shape index (κ3) is 4.37. The lowest BCUT2D eigenvalue weighted by Crippen LogP contribution is -2.23. The van der Waals surface area contributed by atoms with Crippen LogP contribution in [0.25, 0.3) is 0 Å². The molecule has 0 aliphatic heterocycles. The smallest absolute Gasteiger partial charge is 0.251 e. The Morgan fingerprint density at radius 3 is 2.73 bits per heavy atom. The van der Waals surface area contributed by atoms with E-state index >= 15 is 0 Å². The first-order valence-corrected chi connectivity index (χ1v) is 8.57. The zero-order valence-corrected chi connectivity index (χ0v) is 15.3. The summed E-state index contributed by atoms with van der Waals surface area (Å²) >= 11 is 6.33. The Morgan fingerprint density at radius 1 is 1.15 bits per heavy atom. The Morgan fingerprint density at radius 2 is 2.00 bits per heavy atom. The summed E-state index contributed by atoms with van der Waals surface area (Å²) in [5.41, 5.74) is 4.36. The van der Waals surface area contributed by atoms with Crippen molar-refractivity contribution in [3.05, 3.63) is 82.3 Å². The van der Waals surface area contributed by atoms with Gasteiger partial charge in [0.05, 0.1) is 10.7 Å². The van der Waals surface area contributed by atoms with Crippen LogP contribution in [0.1, 0.15) is 27.0 Å². The summed E-state index contributed by atoms with van der Waals surface area (Å²) in [5, 5.41) is 6.70. The van der Waals surface area contributed by atoms with Crippen molar-refractivity contribution >= 4 is 29.0 Å². The van der Waals surface area contributed by atoms with Crippen LogP contribution in [-0.4, -0.2) is 15.9 Å². The number of halogens is 1. The van der Waals surface area contributed by atoms with Gasteiger partial charge in [0, 0.05) is 30.7 Å². The number of amides is 1. The summed E-state index contributed by atoms with van der Waals surface area (Å²) in [4.78, 5) is 20.7. The predicted molar refractivity (Wildman–Crippen MR) is 104 cm³/mol. The minimum absolute atomic E-state index is 0.175. The predicted octanol–water partition coefficient (Wildman–Crippen LogP) is 4.42. The normalized spacial score (nSPS) is 10.4. The van der Waals surface area contributed by atoms with Crippen molar-refractivity contribution in [2.75, 3.05) is 5.32 Å². The SMILES string of the molecule is Cc1cc(C)c(Nc2cc(C(=O)NCc3cccnc3)ccn2)c(Cl)c1. The molecule has 0 spiro atoms. The van der Waals surface area contributed by atoms with Crippen molar-refractivity contribution in [2.24, 2.45) is 0 Å². The lowest BCUT2D eigenvalue weighted by molar-refractivity contribution is 0.0951. The number of nitrogens with one attached hydrogen (secondary N) is 2. The van der Waals surface area contributed by atoms with Crippen LogP contribution in [0.5, 0.6) is 0 Å². The van der Waals surface area contributed by atoms with Crippen molar-refractivity contribution in [2.45, 2.75) is 20.4 Å². The number of rotatable bonds is 5. The second-order valence-corrected chi connectivity index (χ2v) is 6.44. The molecule has 26 heavy (non-hydrogen) atoms. The van der Waals surface area contributed by atoms with Crippen molar-refractivity contribution in [1.29, 1.82) is 0 Å². The largest absolute Gasteiger partial charge is 0.348 e. The molecule has 0 radical (unpaired) electrons. The van der Waals surface area contributed by atoms with Gasteiger partial charge in [-0.1, -0.05) is 23.7 Å². The molecule has 0 aliphatic rings. The fourth-order valence-corrected chi connectivity index (χ4v) is 3.00. The van der Waals surface area contributed by atoms with E-state index in [2.05, 4.69) is 20.6 Å². The molecule has 0 saturated carbocycles. The fraction of sp³-hybridized carbons (Fsp3) is 0.150. The molecule has 0 aliphatic carbocycles. The fourth-order valence-electron chi connectivity index (χ4n) is 2.63. The van der Waals surface area contributed by atoms with E-state index < -0.39 is 0 Å². The first-order chi connectivity index (χ1) is 12.5. The highest BCUT2D eigenvalue weighted by Crippen LogP contribution is 2.29. The van der Waals surface area contributed by atoms with E-state index in [1.54, 1.807) is 30.7 Å². The number of hydrogen-bond acceptors (Lipinski definition) is 4. The molecule has 0 atom stereocenters. The zero-order valence-electron chi connectivity index (χ0n) is 14.6. The minimum Gasteiger partial charge on any atom is -0.348 e. The zero-order chi connectivity index (χ0) is 18.5. The van der Waals surface area contributed by atoms with E-state index in [9.17, 15) is 4.79 Å². The molecule has 132 valence electrons. The Bertz CT molecular complexity index is 905. The van der Waals surface area contributed by atoms with Crippen LogP contribution < -0.4 is 10.6 Å². The lowest BCUT2D eigenvalue weighted by atomic mass is 10.1. The van der Waals surface area contributed by atoms with Gasteiger partial charge in [0.1, 0.15) is 5.82 Å². The van der Waals surface area contributed by atoms with E-state index in [0.717, 1.165) is 22.4 Å². The molecule has 2 heterocycles. The molecule has 3 aromatic rings. The Balaban J connectivity index is 1.73. The van der Waals surface area contributed by atoms with Crippen LogP contribution in [0.4, 0.5) is 11.5 Å². The van der Waals surface area contributed by atoms with E-state index in [1.165, 1.54) is 0 Å². The molecule has 3 rings (SSSR count). The summed E-state index contributed by atoms with van der Waals surface area (Å²) in [6.07, 6.45) is 5.02. The van der Waals surface area contributed by atoms with Crippen molar-refractivity contribution in [1.82, 2.24) is 15.3 Å². The number of hydrogen-bond donors (Lipinski definition) is 2. The lowest BCUT2D eigenvalue weighted by Gasteiger charge is -2.13. The summed E-state index contributed by atoms with van der Waals surface area (Å²) < 4.78 is 0. The van der Waals surface area contributed by atoms with Gasteiger partial charge in [-0.25, -0.2) is 4.98 Å². The molecule has 0 bridgehead atoms. The highest BCUT2D eigenvalue weighted by molar-refractivity contribution is 6.33. The topological polar surface area (TPSA) is 66.9 Å². The van der Waals surface area contributed by atoms with E-state index in [4.69, 9.17) is 11.6 Å². The Kier molecular flexibility index (Phi) is 5.49. The maximum Gasteiger partial charge on any atom is 0.251 e. The average Bonchev–Trinajstić information content (AvgIpc) is 2.64. The van der Waals surface area contributed by atoms with Crippen LogP contribution in [-0.2, 0) is 6.54 Å². The highest BCUT2D eigenvalue weighted by atomic mass is 35.5. The number of anilines is 2. The van der Waals surface area contributed by atoms with E-state index in [-0.39, 0.29) is 5.91 Å². The third-order valence-corrected chi connectivity index (χ3v) is 4.18. The standard InChI is InChI=1S/C20H19ClN4O/c1-13-8-14(2)19(17(21)9-13)25-18-10-16(5-7-23-18)20(26)24-12-15-4-3-6-22-11-15/h3-11H,12H2,1-2H3,(H,23,25)(H,24,26). The molecule has 1 amide bonds. The molecular formula is C20H19ClN4O. The third-order valence-electron chi connectivity index (χ3n) is 3.88. The first kappa shape index (κ1) is 17.9. The number of carbonyl (C=O) groups is 1. The molecular weight excluding hydrogens is 348 g/mol. The Labute approximate surface area is 157 Å².